The number of benzene rings is 3. The van der Waals surface area contributed by atoms with Gasteiger partial charge in [-0.05, 0) is 173 Å². The Balaban J connectivity index is 2.18. The molecule has 0 saturated heterocycles. The summed E-state index contributed by atoms with van der Waals surface area (Å²) < 4.78 is 5.49. The largest absolute Gasteiger partial charge is 0.457 e. The molecule has 2 nitrogen and oxygen atoms in total. The summed E-state index contributed by atoms with van der Waals surface area (Å²) in [5.74, 6) is 6.78. The summed E-state index contributed by atoms with van der Waals surface area (Å²) >= 11 is 0. The molecule has 0 aliphatic rings. The van der Waals surface area contributed by atoms with Crippen LogP contribution in [0.25, 0.3) is 11.1 Å². The van der Waals surface area contributed by atoms with Crippen molar-refractivity contribution in [3.63, 3.8) is 0 Å². The Morgan fingerprint density at radius 3 is 1.36 bits per heavy atom. The summed E-state index contributed by atoms with van der Waals surface area (Å²) in [7, 11) is 0. The van der Waals surface area contributed by atoms with Crippen molar-refractivity contribution < 1.29 is 9.53 Å². The molecule has 0 bridgehead atoms. The molecule has 0 spiro atoms. The highest BCUT2D eigenvalue weighted by Gasteiger charge is 2.20. The molecule has 0 heterocycles. The highest BCUT2D eigenvalue weighted by molar-refractivity contribution is 5.87. The smallest absolute Gasteiger partial charge is 0.333 e. The molecule has 204 valence electrons. The fourth-order valence-corrected chi connectivity index (χ4v) is 5.65. The first-order valence-corrected chi connectivity index (χ1v) is 13.7. The zero-order valence-corrected chi connectivity index (χ0v) is 26.3. The minimum Gasteiger partial charge on any atom is -0.457 e. The quantitative estimate of drug-likeness (QED) is 0.195. The molecule has 0 saturated carbocycles. The first-order valence-electron chi connectivity index (χ1n) is 13.7. The van der Waals surface area contributed by atoms with E-state index in [0.29, 0.717) is 5.57 Å². The Morgan fingerprint density at radius 2 is 0.974 bits per heavy atom. The van der Waals surface area contributed by atoms with Crippen LogP contribution in [0.1, 0.15) is 90.4 Å². The SMILES string of the molecule is C=C(C)C(=O)OCc1c(C)c(C)c(C#Cc2c(C)c(C)c(-c3c(C)c(C)cc(C)c3C)c(C)c2C)c(C)c1C. The maximum absolute atomic E-state index is 12.0. The summed E-state index contributed by atoms with van der Waals surface area (Å²) in [6.45, 7) is 31.8. The molecule has 2 heteroatoms. The lowest BCUT2D eigenvalue weighted by Gasteiger charge is -2.23. The Labute approximate surface area is 236 Å². The van der Waals surface area contributed by atoms with Gasteiger partial charge in [-0.1, -0.05) is 24.5 Å². The lowest BCUT2D eigenvalue weighted by Crippen LogP contribution is -2.09. The molecule has 0 amide bonds. The van der Waals surface area contributed by atoms with Crippen molar-refractivity contribution in [1.29, 1.82) is 0 Å². The lowest BCUT2D eigenvalue weighted by atomic mass is 9.81. The van der Waals surface area contributed by atoms with Crippen LogP contribution in [0.3, 0.4) is 0 Å². The molecule has 0 fully saturated rings. The van der Waals surface area contributed by atoms with Gasteiger partial charge in [0.05, 0.1) is 0 Å². The standard InChI is InChI=1S/C37H44O2/c1-19(2)37(38)39-18-34-26(9)24(7)32(25(8)27(34)10)15-16-33-28(11)30(13)36(31(14)29(33)12)35-22(5)20(3)17-21(4)23(35)6/h17H,1,18H2,2-14H3. The van der Waals surface area contributed by atoms with Crippen LogP contribution in [0.4, 0.5) is 0 Å². The van der Waals surface area contributed by atoms with Crippen molar-refractivity contribution >= 4 is 5.97 Å². The average molecular weight is 521 g/mol. The number of rotatable bonds is 4. The number of hydrogen-bond donors (Lipinski definition) is 0. The number of aryl methyl sites for hydroxylation is 2. The summed E-state index contributed by atoms with van der Waals surface area (Å²) in [6.07, 6.45) is 0. The van der Waals surface area contributed by atoms with E-state index >= 15 is 0 Å². The normalized spacial score (nSPS) is 10.8. The third-order valence-electron chi connectivity index (χ3n) is 9.03. The minimum absolute atomic E-state index is 0.244. The number of carbonyl (C=O) groups is 1. The van der Waals surface area contributed by atoms with Gasteiger partial charge in [0, 0.05) is 16.7 Å². The van der Waals surface area contributed by atoms with Gasteiger partial charge in [-0.15, -0.1) is 0 Å². The molecule has 0 aromatic heterocycles. The van der Waals surface area contributed by atoms with Crippen LogP contribution >= 0.6 is 0 Å². The second-order valence-corrected chi connectivity index (χ2v) is 11.3. The monoisotopic (exact) mass is 520 g/mol. The van der Waals surface area contributed by atoms with E-state index in [-0.39, 0.29) is 12.6 Å². The van der Waals surface area contributed by atoms with E-state index < -0.39 is 0 Å². The Kier molecular flexibility index (Phi) is 8.66. The Hall–Kier alpha value is -3.57. The number of esters is 1. The van der Waals surface area contributed by atoms with E-state index in [1.54, 1.807) is 6.92 Å². The lowest BCUT2D eigenvalue weighted by molar-refractivity contribution is -0.140. The first-order chi connectivity index (χ1) is 18.1. The zero-order chi connectivity index (χ0) is 29.5. The molecule has 0 atom stereocenters. The van der Waals surface area contributed by atoms with E-state index in [4.69, 9.17) is 4.74 Å². The molecule has 3 aromatic carbocycles. The second-order valence-electron chi connectivity index (χ2n) is 11.3. The maximum Gasteiger partial charge on any atom is 0.333 e. The summed E-state index contributed by atoms with van der Waals surface area (Å²) in [4.78, 5) is 12.0. The van der Waals surface area contributed by atoms with E-state index in [2.05, 4.69) is 108 Å². The number of ether oxygens (including phenoxy) is 1. The van der Waals surface area contributed by atoms with Crippen LogP contribution in [0.2, 0.25) is 0 Å². The Morgan fingerprint density at radius 1 is 0.615 bits per heavy atom. The molecule has 39 heavy (non-hydrogen) atoms. The van der Waals surface area contributed by atoms with Crippen LogP contribution in [0.15, 0.2) is 18.2 Å². The van der Waals surface area contributed by atoms with Crippen LogP contribution in [-0.4, -0.2) is 5.97 Å². The predicted octanol–water partition coefficient (Wildman–Crippen LogP) is 9.07. The van der Waals surface area contributed by atoms with Crippen molar-refractivity contribution in [1.82, 2.24) is 0 Å². The summed E-state index contributed by atoms with van der Waals surface area (Å²) in [5.41, 5.74) is 21.3. The van der Waals surface area contributed by atoms with Gasteiger partial charge < -0.3 is 4.74 Å². The highest BCUT2D eigenvalue weighted by Crippen LogP contribution is 2.39. The average Bonchev–Trinajstić information content (AvgIpc) is 2.88. The maximum atomic E-state index is 12.0. The van der Waals surface area contributed by atoms with Crippen LogP contribution in [0.5, 0.6) is 0 Å². The van der Waals surface area contributed by atoms with Gasteiger partial charge in [0.15, 0.2) is 0 Å². The molecule has 0 aliphatic heterocycles. The third-order valence-corrected chi connectivity index (χ3v) is 9.03. The molecular formula is C37H44O2. The fraction of sp³-hybridized carbons (Fsp3) is 0.378. The molecular weight excluding hydrogens is 476 g/mol. The topological polar surface area (TPSA) is 26.3 Å². The molecule has 0 unspecified atom stereocenters. The van der Waals surface area contributed by atoms with Gasteiger partial charge in [0.2, 0.25) is 0 Å². The van der Waals surface area contributed by atoms with Gasteiger partial charge in [-0.3, -0.25) is 0 Å². The molecule has 0 aliphatic carbocycles. The summed E-state index contributed by atoms with van der Waals surface area (Å²) in [6, 6.07) is 2.29. The zero-order valence-electron chi connectivity index (χ0n) is 26.3. The van der Waals surface area contributed by atoms with Crippen molar-refractivity contribution in [3.8, 4) is 23.0 Å². The van der Waals surface area contributed by atoms with E-state index in [9.17, 15) is 4.79 Å². The fourth-order valence-electron chi connectivity index (χ4n) is 5.65. The number of hydrogen-bond acceptors (Lipinski definition) is 2. The van der Waals surface area contributed by atoms with E-state index in [0.717, 1.165) is 38.9 Å². The van der Waals surface area contributed by atoms with Crippen LogP contribution in [-0.2, 0) is 16.1 Å². The highest BCUT2D eigenvalue weighted by atomic mass is 16.5. The van der Waals surface area contributed by atoms with Crippen LogP contribution < -0.4 is 0 Å². The van der Waals surface area contributed by atoms with E-state index in [1.807, 2.05) is 0 Å². The predicted molar refractivity (Wildman–Crippen MR) is 166 cm³/mol. The van der Waals surface area contributed by atoms with Crippen molar-refractivity contribution in [2.45, 2.75) is 96.6 Å². The molecule has 0 N–H and O–H groups in total. The van der Waals surface area contributed by atoms with Gasteiger partial charge >= 0.3 is 5.97 Å². The van der Waals surface area contributed by atoms with Crippen molar-refractivity contribution in [2.24, 2.45) is 0 Å². The molecule has 3 aromatic rings. The molecule has 0 radical (unpaired) electrons. The second kappa shape index (κ2) is 11.3. The van der Waals surface area contributed by atoms with Gasteiger partial charge in [0.25, 0.3) is 0 Å². The van der Waals surface area contributed by atoms with Gasteiger partial charge in [-0.25, -0.2) is 4.79 Å². The van der Waals surface area contributed by atoms with Gasteiger partial charge in [-0.2, -0.15) is 0 Å². The first kappa shape index (κ1) is 30.0. The molecule has 3 rings (SSSR count). The Bertz CT molecular complexity index is 1520. The van der Waals surface area contributed by atoms with Crippen LogP contribution in [0, 0.1) is 94.9 Å². The number of carbonyl (C=O) groups excluding carboxylic acids is 1. The van der Waals surface area contributed by atoms with Crippen molar-refractivity contribution in [2.75, 3.05) is 0 Å². The van der Waals surface area contributed by atoms with Crippen molar-refractivity contribution in [3.05, 3.63) is 102 Å². The summed E-state index contributed by atoms with van der Waals surface area (Å²) in [5, 5.41) is 0. The third kappa shape index (κ3) is 5.33. The van der Waals surface area contributed by atoms with E-state index in [1.165, 1.54) is 55.6 Å². The minimum atomic E-state index is -0.362. The van der Waals surface area contributed by atoms with Gasteiger partial charge in [0.1, 0.15) is 6.61 Å².